The molecule has 0 aromatic rings. The lowest BCUT2D eigenvalue weighted by Gasteiger charge is -2.24. The fourth-order valence-electron chi connectivity index (χ4n) is 3.34. The van der Waals surface area contributed by atoms with Gasteiger partial charge in [-0.25, -0.2) is 0 Å². The van der Waals surface area contributed by atoms with Crippen molar-refractivity contribution in [2.75, 3.05) is 7.11 Å². The molecule has 1 nitrogen and oxygen atoms in total. The second-order valence-electron chi connectivity index (χ2n) is 4.64. The molecule has 5 atom stereocenters. The number of methoxy groups -OCH3 is 1. The zero-order valence-electron chi connectivity index (χ0n) is 8.23. The first-order chi connectivity index (χ1) is 6.33. The molecule has 0 amide bonds. The molecule has 3 aliphatic rings. The number of hydrogen-bond acceptors (Lipinski definition) is 1. The first-order valence-electron chi connectivity index (χ1n) is 5.25. The Hall–Kier alpha value is -0.720. The number of allylic oxidation sites excluding steroid dienone is 3. The van der Waals surface area contributed by atoms with E-state index in [1.807, 2.05) is 7.11 Å². The third kappa shape index (κ3) is 0.877. The smallest absolute Gasteiger partial charge is 0.0990 e. The van der Waals surface area contributed by atoms with Crippen LogP contribution in [0.3, 0.4) is 0 Å². The highest BCUT2D eigenvalue weighted by atomic mass is 16.5. The lowest BCUT2D eigenvalue weighted by atomic mass is 9.84. The first kappa shape index (κ1) is 7.66. The van der Waals surface area contributed by atoms with Crippen molar-refractivity contribution in [1.29, 1.82) is 0 Å². The third-order valence-electron chi connectivity index (χ3n) is 4.15. The van der Waals surface area contributed by atoms with Gasteiger partial charge < -0.3 is 4.74 Å². The Morgan fingerprint density at radius 2 is 2.31 bits per heavy atom. The Labute approximate surface area is 79.5 Å². The Morgan fingerprint density at radius 3 is 3.08 bits per heavy atom. The van der Waals surface area contributed by atoms with Crippen LogP contribution in [0.5, 0.6) is 0 Å². The second-order valence-corrected chi connectivity index (χ2v) is 4.64. The van der Waals surface area contributed by atoms with Crippen LogP contribution in [0, 0.1) is 29.6 Å². The second kappa shape index (κ2) is 2.40. The number of hydrogen-bond donors (Lipinski definition) is 0. The summed E-state index contributed by atoms with van der Waals surface area (Å²) < 4.78 is 5.46. The summed E-state index contributed by atoms with van der Waals surface area (Å²) in [7, 11) is 1.81. The van der Waals surface area contributed by atoms with Gasteiger partial charge in [-0.2, -0.15) is 0 Å². The zero-order chi connectivity index (χ0) is 9.00. The molecule has 0 bridgehead atoms. The van der Waals surface area contributed by atoms with Gasteiger partial charge >= 0.3 is 0 Å². The molecule has 0 aromatic heterocycles. The van der Waals surface area contributed by atoms with Crippen LogP contribution in [0.2, 0.25) is 0 Å². The maximum absolute atomic E-state index is 5.46. The van der Waals surface area contributed by atoms with Crippen LogP contribution >= 0.6 is 0 Å². The molecule has 13 heavy (non-hydrogen) atoms. The van der Waals surface area contributed by atoms with Crippen molar-refractivity contribution >= 4 is 0 Å². The van der Waals surface area contributed by atoms with Gasteiger partial charge in [-0.05, 0) is 36.2 Å². The molecule has 1 unspecified atom stereocenters. The standard InChI is InChI=1S/C12H16O/c1-7-10-6-11(13-2)8-4-3-5-9(8)12(7)10/h3-4,6-10,12H,5H2,1-2H3/t7?,8-,9+,10-,12-/m0/s1. The molecule has 0 saturated heterocycles. The van der Waals surface area contributed by atoms with Gasteiger partial charge in [-0.1, -0.05) is 19.1 Å². The Bertz CT molecular complexity index is 289. The summed E-state index contributed by atoms with van der Waals surface area (Å²) in [6, 6.07) is 0. The van der Waals surface area contributed by atoms with E-state index >= 15 is 0 Å². The van der Waals surface area contributed by atoms with Crippen molar-refractivity contribution in [3.63, 3.8) is 0 Å². The van der Waals surface area contributed by atoms with E-state index in [9.17, 15) is 0 Å². The third-order valence-corrected chi connectivity index (χ3v) is 4.15. The maximum Gasteiger partial charge on any atom is 0.0990 e. The zero-order valence-corrected chi connectivity index (χ0v) is 8.23. The molecule has 0 aromatic carbocycles. The lowest BCUT2D eigenvalue weighted by Crippen LogP contribution is -2.18. The minimum atomic E-state index is 0.608. The molecule has 1 saturated carbocycles. The van der Waals surface area contributed by atoms with Gasteiger partial charge in [0.25, 0.3) is 0 Å². The van der Waals surface area contributed by atoms with Gasteiger partial charge in [0.05, 0.1) is 12.9 Å². The minimum absolute atomic E-state index is 0.608. The predicted octanol–water partition coefficient (Wildman–Crippen LogP) is 2.60. The topological polar surface area (TPSA) is 9.23 Å². The van der Waals surface area contributed by atoms with Crippen LogP contribution in [0.1, 0.15) is 13.3 Å². The maximum atomic E-state index is 5.46. The molecular weight excluding hydrogens is 160 g/mol. The summed E-state index contributed by atoms with van der Waals surface area (Å²) in [5.41, 5.74) is 0. The van der Waals surface area contributed by atoms with Crippen molar-refractivity contribution in [3.05, 3.63) is 24.0 Å². The average molecular weight is 176 g/mol. The number of fused-ring (bicyclic) bond motifs is 3. The van der Waals surface area contributed by atoms with Crippen LogP contribution in [-0.2, 0) is 4.74 Å². The number of rotatable bonds is 1. The monoisotopic (exact) mass is 176 g/mol. The highest BCUT2D eigenvalue weighted by Crippen LogP contribution is 2.60. The van der Waals surface area contributed by atoms with Crippen molar-refractivity contribution in [3.8, 4) is 0 Å². The SMILES string of the molecule is COC1=C[C@H]2C(C)[C@H]2[C@@H]2CC=C[C@H]12. The highest BCUT2D eigenvalue weighted by Gasteiger charge is 2.55. The molecule has 3 aliphatic carbocycles. The van der Waals surface area contributed by atoms with Gasteiger partial charge in [-0.3, -0.25) is 0 Å². The van der Waals surface area contributed by atoms with E-state index in [4.69, 9.17) is 4.74 Å². The molecule has 0 aliphatic heterocycles. The van der Waals surface area contributed by atoms with Gasteiger partial charge in [0.15, 0.2) is 0 Å². The van der Waals surface area contributed by atoms with Gasteiger partial charge in [-0.15, -0.1) is 0 Å². The quantitative estimate of drug-likeness (QED) is 0.558. The Morgan fingerprint density at radius 1 is 1.46 bits per heavy atom. The molecule has 0 N–H and O–H groups in total. The van der Waals surface area contributed by atoms with E-state index in [1.165, 1.54) is 12.2 Å². The lowest BCUT2D eigenvalue weighted by molar-refractivity contribution is 0.208. The molecule has 3 rings (SSSR count). The van der Waals surface area contributed by atoms with Crippen molar-refractivity contribution in [1.82, 2.24) is 0 Å². The van der Waals surface area contributed by atoms with Crippen LogP contribution < -0.4 is 0 Å². The van der Waals surface area contributed by atoms with Crippen LogP contribution in [0.4, 0.5) is 0 Å². The fourth-order valence-corrected chi connectivity index (χ4v) is 3.34. The summed E-state index contributed by atoms with van der Waals surface area (Å²) in [6.45, 7) is 2.37. The summed E-state index contributed by atoms with van der Waals surface area (Å²) in [4.78, 5) is 0. The molecule has 1 heteroatoms. The van der Waals surface area contributed by atoms with E-state index < -0.39 is 0 Å². The summed E-state index contributed by atoms with van der Waals surface area (Å²) in [5.74, 6) is 5.38. The molecular formula is C12H16O. The van der Waals surface area contributed by atoms with E-state index in [2.05, 4.69) is 25.2 Å². The van der Waals surface area contributed by atoms with E-state index in [0.29, 0.717) is 5.92 Å². The van der Waals surface area contributed by atoms with Gasteiger partial charge in [0.1, 0.15) is 0 Å². The minimum Gasteiger partial charge on any atom is -0.501 e. The van der Waals surface area contributed by atoms with Crippen molar-refractivity contribution in [2.45, 2.75) is 13.3 Å². The largest absolute Gasteiger partial charge is 0.501 e. The molecule has 1 fully saturated rings. The van der Waals surface area contributed by atoms with Gasteiger partial charge in [0.2, 0.25) is 0 Å². The van der Waals surface area contributed by atoms with Crippen LogP contribution in [0.25, 0.3) is 0 Å². The van der Waals surface area contributed by atoms with E-state index in [1.54, 1.807) is 0 Å². The summed E-state index contributed by atoms with van der Waals surface area (Å²) in [6.07, 6.45) is 8.31. The normalized spacial score (nSPS) is 50.9. The predicted molar refractivity (Wildman–Crippen MR) is 52.0 cm³/mol. The molecule has 0 heterocycles. The van der Waals surface area contributed by atoms with E-state index in [0.717, 1.165) is 23.7 Å². The van der Waals surface area contributed by atoms with Crippen molar-refractivity contribution < 1.29 is 4.74 Å². The van der Waals surface area contributed by atoms with Crippen LogP contribution in [0.15, 0.2) is 24.0 Å². The molecule has 0 spiro atoms. The van der Waals surface area contributed by atoms with E-state index in [-0.39, 0.29) is 0 Å². The molecule has 0 radical (unpaired) electrons. The van der Waals surface area contributed by atoms with Gasteiger partial charge in [0, 0.05) is 5.92 Å². The molecule has 70 valence electrons. The first-order valence-corrected chi connectivity index (χ1v) is 5.25. The van der Waals surface area contributed by atoms with Crippen LogP contribution in [-0.4, -0.2) is 7.11 Å². The highest BCUT2D eigenvalue weighted by molar-refractivity contribution is 5.27. The Balaban J connectivity index is 1.95. The summed E-state index contributed by atoms with van der Waals surface area (Å²) in [5, 5.41) is 0. The summed E-state index contributed by atoms with van der Waals surface area (Å²) >= 11 is 0. The number of ether oxygens (including phenoxy) is 1. The fraction of sp³-hybridized carbons (Fsp3) is 0.667. The average Bonchev–Trinajstić information content (AvgIpc) is 2.65. The Kier molecular flexibility index (Phi) is 1.42. The van der Waals surface area contributed by atoms with Crippen molar-refractivity contribution in [2.24, 2.45) is 29.6 Å².